The number of hydrogen-bond donors (Lipinski definition) is 2. The van der Waals surface area contributed by atoms with Gasteiger partial charge in [-0.05, 0) is 44.6 Å². The average Bonchev–Trinajstić information content (AvgIpc) is 3.11. The van der Waals surface area contributed by atoms with E-state index >= 15 is 0 Å². The lowest BCUT2D eigenvalue weighted by molar-refractivity contribution is 0.0104. The molecular formula is C23H28N4O2. The SMILES string of the molecule is CCCNc1ncc2c(-c3ccc(C=O)cc3)cn(C3CCC(C)(O)CC3)c2n1. The molecule has 2 heterocycles. The molecule has 1 fully saturated rings. The van der Waals surface area contributed by atoms with Gasteiger partial charge in [0.15, 0.2) is 0 Å². The van der Waals surface area contributed by atoms with Gasteiger partial charge in [-0.15, -0.1) is 0 Å². The Bertz CT molecular complexity index is 998. The number of rotatable bonds is 6. The van der Waals surface area contributed by atoms with Crippen LogP contribution in [0.5, 0.6) is 0 Å². The largest absolute Gasteiger partial charge is 0.390 e. The molecule has 0 amide bonds. The number of nitrogens with zero attached hydrogens (tertiary/aromatic N) is 3. The number of anilines is 1. The highest BCUT2D eigenvalue weighted by atomic mass is 16.3. The summed E-state index contributed by atoms with van der Waals surface area (Å²) in [5, 5.41) is 14.6. The molecule has 0 radical (unpaired) electrons. The number of aldehydes is 1. The Kier molecular flexibility index (Phi) is 5.37. The molecule has 1 saturated carbocycles. The van der Waals surface area contributed by atoms with Crippen LogP contribution in [0.15, 0.2) is 36.7 Å². The first-order valence-corrected chi connectivity index (χ1v) is 10.4. The van der Waals surface area contributed by atoms with E-state index in [0.717, 1.165) is 67.1 Å². The molecule has 3 aromatic rings. The van der Waals surface area contributed by atoms with Crippen molar-refractivity contribution in [1.82, 2.24) is 14.5 Å². The van der Waals surface area contributed by atoms with Gasteiger partial charge in [-0.25, -0.2) is 4.98 Å². The predicted octanol–water partition coefficient (Wildman–Crippen LogP) is 4.60. The highest BCUT2D eigenvalue weighted by molar-refractivity contribution is 5.94. The third kappa shape index (κ3) is 4.03. The van der Waals surface area contributed by atoms with Crippen LogP contribution in [0.25, 0.3) is 22.2 Å². The molecular weight excluding hydrogens is 364 g/mol. The van der Waals surface area contributed by atoms with Gasteiger partial charge in [0.2, 0.25) is 5.95 Å². The molecule has 6 heteroatoms. The van der Waals surface area contributed by atoms with E-state index < -0.39 is 5.60 Å². The molecule has 29 heavy (non-hydrogen) atoms. The summed E-state index contributed by atoms with van der Waals surface area (Å²) in [5.74, 6) is 0.643. The smallest absolute Gasteiger partial charge is 0.224 e. The second-order valence-corrected chi connectivity index (χ2v) is 8.28. The van der Waals surface area contributed by atoms with Crippen molar-refractivity contribution in [3.8, 4) is 11.1 Å². The van der Waals surface area contributed by atoms with Crippen LogP contribution in [-0.2, 0) is 0 Å². The highest BCUT2D eigenvalue weighted by Crippen LogP contribution is 2.39. The van der Waals surface area contributed by atoms with Gasteiger partial charge in [-0.1, -0.05) is 31.2 Å². The number of carbonyl (C=O) groups excluding carboxylic acids is 1. The second-order valence-electron chi connectivity index (χ2n) is 8.28. The normalized spacial score (nSPS) is 22.0. The van der Waals surface area contributed by atoms with Crippen molar-refractivity contribution in [3.05, 3.63) is 42.2 Å². The summed E-state index contributed by atoms with van der Waals surface area (Å²) >= 11 is 0. The fourth-order valence-corrected chi connectivity index (χ4v) is 4.10. The monoisotopic (exact) mass is 392 g/mol. The summed E-state index contributed by atoms with van der Waals surface area (Å²) in [6.07, 6.45) is 9.32. The first kappa shape index (κ1) is 19.6. The third-order valence-electron chi connectivity index (χ3n) is 5.89. The summed E-state index contributed by atoms with van der Waals surface area (Å²) in [6.45, 7) is 4.87. The quantitative estimate of drug-likeness (QED) is 0.599. The molecule has 0 unspecified atom stereocenters. The van der Waals surface area contributed by atoms with E-state index in [2.05, 4.69) is 28.0 Å². The fourth-order valence-electron chi connectivity index (χ4n) is 4.10. The molecule has 1 aromatic carbocycles. The molecule has 1 aliphatic rings. The lowest BCUT2D eigenvalue weighted by atomic mass is 9.83. The van der Waals surface area contributed by atoms with Crippen LogP contribution in [0, 0.1) is 0 Å². The number of carbonyl (C=O) groups is 1. The topological polar surface area (TPSA) is 80.0 Å². The number of aliphatic hydroxyl groups is 1. The van der Waals surface area contributed by atoms with Crippen LogP contribution in [-0.4, -0.2) is 38.1 Å². The Morgan fingerprint density at radius 1 is 1.28 bits per heavy atom. The first-order chi connectivity index (χ1) is 14.0. The molecule has 4 rings (SSSR count). The first-order valence-electron chi connectivity index (χ1n) is 10.4. The van der Waals surface area contributed by atoms with Crippen LogP contribution < -0.4 is 5.32 Å². The summed E-state index contributed by atoms with van der Waals surface area (Å²) < 4.78 is 2.26. The molecule has 0 bridgehead atoms. The Morgan fingerprint density at radius 2 is 2.00 bits per heavy atom. The highest BCUT2D eigenvalue weighted by Gasteiger charge is 2.30. The van der Waals surface area contributed by atoms with Gasteiger partial charge in [-0.2, -0.15) is 4.98 Å². The van der Waals surface area contributed by atoms with Crippen molar-refractivity contribution in [1.29, 1.82) is 0 Å². The van der Waals surface area contributed by atoms with Gasteiger partial charge in [0.25, 0.3) is 0 Å². The molecule has 0 saturated heterocycles. The summed E-state index contributed by atoms with van der Waals surface area (Å²) in [7, 11) is 0. The lowest BCUT2D eigenvalue weighted by Gasteiger charge is -2.33. The molecule has 1 aliphatic carbocycles. The van der Waals surface area contributed by atoms with Crippen molar-refractivity contribution in [3.63, 3.8) is 0 Å². The minimum atomic E-state index is -0.574. The van der Waals surface area contributed by atoms with E-state index in [4.69, 9.17) is 4.98 Å². The number of fused-ring (bicyclic) bond motifs is 1. The van der Waals surface area contributed by atoms with E-state index in [0.29, 0.717) is 17.6 Å². The summed E-state index contributed by atoms with van der Waals surface area (Å²) in [5.41, 5.74) is 3.11. The summed E-state index contributed by atoms with van der Waals surface area (Å²) in [4.78, 5) is 20.3. The second kappa shape index (κ2) is 7.95. The maximum atomic E-state index is 11.0. The van der Waals surface area contributed by atoms with Gasteiger partial charge in [0.05, 0.1) is 5.60 Å². The number of aromatic nitrogens is 3. The molecule has 2 aromatic heterocycles. The van der Waals surface area contributed by atoms with Crippen LogP contribution in [0.1, 0.15) is 62.4 Å². The minimum absolute atomic E-state index is 0.301. The van der Waals surface area contributed by atoms with E-state index in [1.807, 2.05) is 37.4 Å². The van der Waals surface area contributed by atoms with E-state index in [-0.39, 0.29) is 0 Å². The average molecular weight is 393 g/mol. The predicted molar refractivity (Wildman–Crippen MR) is 115 cm³/mol. The molecule has 0 spiro atoms. The van der Waals surface area contributed by atoms with E-state index in [9.17, 15) is 9.90 Å². The van der Waals surface area contributed by atoms with Crippen molar-refractivity contribution in [2.75, 3.05) is 11.9 Å². The van der Waals surface area contributed by atoms with Gasteiger partial charge in [0, 0.05) is 41.5 Å². The Balaban J connectivity index is 1.78. The molecule has 152 valence electrons. The van der Waals surface area contributed by atoms with Crippen LogP contribution in [0.3, 0.4) is 0 Å². The van der Waals surface area contributed by atoms with Crippen molar-refractivity contribution in [2.45, 2.75) is 57.6 Å². The maximum Gasteiger partial charge on any atom is 0.224 e. The zero-order valence-electron chi connectivity index (χ0n) is 17.1. The number of hydrogen-bond acceptors (Lipinski definition) is 5. The standard InChI is InChI=1S/C23H28N4O2/c1-3-12-24-22-25-13-19-20(17-6-4-16(15-28)5-7-17)14-27(21(19)26-22)18-8-10-23(2,29)11-9-18/h4-7,13-15,18,29H,3,8-12H2,1-2H3,(H,24,25,26). The minimum Gasteiger partial charge on any atom is -0.390 e. The Morgan fingerprint density at radius 3 is 2.66 bits per heavy atom. The Labute approximate surface area is 171 Å². The molecule has 0 atom stereocenters. The van der Waals surface area contributed by atoms with Crippen molar-refractivity contribution >= 4 is 23.3 Å². The lowest BCUT2D eigenvalue weighted by Crippen LogP contribution is -2.31. The van der Waals surface area contributed by atoms with Gasteiger partial charge in [0.1, 0.15) is 11.9 Å². The Hall–Kier alpha value is -2.73. The number of benzene rings is 1. The summed E-state index contributed by atoms with van der Waals surface area (Å²) in [6, 6.07) is 7.91. The van der Waals surface area contributed by atoms with Crippen molar-refractivity contribution in [2.24, 2.45) is 0 Å². The molecule has 0 aliphatic heterocycles. The van der Waals surface area contributed by atoms with Gasteiger partial charge < -0.3 is 15.0 Å². The van der Waals surface area contributed by atoms with Gasteiger partial charge in [-0.3, -0.25) is 4.79 Å². The van der Waals surface area contributed by atoms with Gasteiger partial charge >= 0.3 is 0 Å². The maximum absolute atomic E-state index is 11.0. The number of nitrogens with one attached hydrogen (secondary N) is 1. The molecule has 2 N–H and O–H groups in total. The fraction of sp³-hybridized carbons (Fsp3) is 0.435. The van der Waals surface area contributed by atoms with Crippen molar-refractivity contribution < 1.29 is 9.90 Å². The zero-order valence-corrected chi connectivity index (χ0v) is 17.1. The zero-order chi connectivity index (χ0) is 20.4. The van der Waals surface area contributed by atoms with Crippen LogP contribution in [0.2, 0.25) is 0 Å². The van der Waals surface area contributed by atoms with Crippen LogP contribution in [0.4, 0.5) is 5.95 Å². The van der Waals surface area contributed by atoms with Crippen LogP contribution >= 0.6 is 0 Å². The third-order valence-corrected chi connectivity index (χ3v) is 5.89. The van der Waals surface area contributed by atoms with E-state index in [1.165, 1.54) is 0 Å². The van der Waals surface area contributed by atoms with E-state index in [1.54, 1.807) is 0 Å². The molecule has 6 nitrogen and oxygen atoms in total.